The lowest BCUT2D eigenvalue weighted by Gasteiger charge is -2.08. The smallest absolute Gasteiger partial charge is 0.272 e. The lowest BCUT2D eigenvalue weighted by molar-refractivity contribution is 0.627. The lowest BCUT2D eigenvalue weighted by atomic mass is 10.2. The highest BCUT2D eigenvalue weighted by atomic mass is 32.2. The Hall–Kier alpha value is -1.40. The van der Waals surface area contributed by atoms with E-state index in [1.807, 2.05) is 0 Å². The van der Waals surface area contributed by atoms with E-state index in [0.29, 0.717) is 20.6 Å². The number of nitrogens with zero attached hydrogens (tertiary/aromatic N) is 1. The average Bonchev–Trinajstić information content (AvgIpc) is 2.72. The largest absolute Gasteiger partial charge is 0.334 e. The van der Waals surface area contributed by atoms with Gasteiger partial charge < -0.3 is 4.98 Å². The minimum absolute atomic E-state index is 0.125. The lowest BCUT2D eigenvalue weighted by Crippen LogP contribution is -2.22. The highest BCUT2D eigenvalue weighted by Crippen LogP contribution is 2.32. The molecule has 0 amide bonds. The third kappa shape index (κ3) is 2.15. The quantitative estimate of drug-likeness (QED) is 0.821. The standard InChI is InChI=1S/C13H11FN2OS2/c1-7-6-10-11(19-7)12(17)16(13(18)15-10)9-4-2-8(14)3-5-9/h2-5,7H,6H2,1H3,(H,15,18). The van der Waals surface area contributed by atoms with Gasteiger partial charge in [-0.3, -0.25) is 9.36 Å². The molecule has 2 aromatic rings. The van der Waals surface area contributed by atoms with Gasteiger partial charge in [-0.1, -0.05) is 6.92 Å². The van der Waals surface area contributed by atoms with E-state index in [9.17, 15) is 9.18 Å². The second-order valence-corrected chi connectivity index (χ2v) is 6.32. The maximum Gasteiger partial charge on any atom is 0.272 e. The number of hydrogen-bond donors (Lipinski definition) is 1. The van der Waals surface area contributed by atoms with Gasteiger partial charge in [0.05, 0.1) is 10.6 Å². The summed E-state index contributed by atoms with van der Waals surface area (Å²) in [6, 6.07) is 5.74. The number of H-pyrrole nitrogens is 1. The van der Waals surface area contributed by atoms with Gasteiger partial charge in [-0.15, -0.1) is 11.8 Å². The molecule has 19 heavy (non-hydrogen) atoms. The molecule has 1 aromatic carbocycles. The fourth-order valence-electron chi connectivity index (χ4n) is 2.18. The molecular formula is C13H11FN2OS2. The Balaban J connectivity index is 2.24. The molecule has 1 aliphatic heterocycles. The van der Waals surface area contributed by atoms with Crippen molar-refractivity contribution in [1.29, 1.82) is 0 Å². The summed E-state index contributed by atoms with van der Waals surface area (Å²) in [5.74, 6) is -0.337. The van der Waals surface area contributed by atoms with Gasteiger partial charge >= 0.3 is 0 Å². The highest BCUT2D eigenvalue weighted by molar-refractivity contribution is 8.00. The highest BCUT2D eigenvalue weighted by Gasteiger charge is 2.24. The number of nitrogens with one attached hydrogen (secondary N) is 1. The third-order valence-electron chi connectivity index (χ3n) is 3.03. The Morgan fingerprint density at radius 2 is 2.11 bits per heavy atom. The van der Waals surface area contributed by atoms with Crippen LogP contribution in [0.25, 0.3) is 5.69 Å². The second kappa shape index (κ2) is 4.61. The van der Waals surface area contributed by atoms with Crippen LogP contribution in [0.2, 0.25) is 0 Å². The molecule has 6 heteroatoms. The first-order valence-electron chi connectivity index (χ1n) is 5.87. The fraction of sp³-hybridized carbons (Fsp3) is 0.231. The van der Waals surface area contributed by atoms with Gasteiger partial charge in [-0.05, 0) is 36.5 Å². The summed E-state index contributed by atoms with van der Waals surface area (Å²) in [5, 5.41) is 0.373. The minimum atomic E-state index is -0.337. The molecule has 0 aliphatic carbocycles. The van der Waals surface area contributed by atoms with Gasteiger partial charge in [0.2, 0.25) is 0 Å². The molecule has 1 unspecified atom stereocenters. The van der Waals surface area contributed by atoms with Crippen LogP contribution in [-0.2, 0) is 6.42 Å². The molecule has 98 valence electrons. The van der Waals surface area contributed by atoms with Crippen LogP contribution in [-0.4, -0.2) is 14.8 Å². The van der Waals surface area contributed by atoms with Crippen molar-refractivity contribution in [3.63, 3.8) is 0 Å². The number of rotatable bonds is 1. The molecule has 0 saturated heterocycles. The molecule has 2 heterocycles. The molecule has 1 N–H and O–H groups in total. The molecule has 0 fully saturated rings. The van der Waals surface area contributed by atoms with Crippen molar-refractivity contribution in [2.45, 2.75) is 23.5 Å². The van der Waals surface area contributed by atoms with Crippen LogP contribution in [0, 0.1) is 10.6 Å². The molecule has 1 aromatic heterocycles. The van der Waals surface area contributed by atoms with Crippen molar-refractivity contribution in [2.75, 3.05) is 0 Å². The Bertz CT molecular complexity index is 749. The number of thioether (sulfide) groups is 1. The van der Waals surface area contributed by atoms with Crippen molar-refractivity contribution < 1.29 is 4.39 Å². The van der Waals surface area contributed by atoms with E-state index in [4.69, 9.17) is 12.2 Å². The van der Waals surface area contributed by atoms with E-state index < -0.39 is 0 Å². The minimum Gasteiger partial charge on any atom is -0.334 e. The van der Waals surface area contributed by atoms with Gasteiger partial charge in [0.25, 0.3) is 5.56 Å². The van der Waals surface area contributed by atoms with Crippen LogP contribution in [0.3, 0.4) is 0 Å². The van der Waals surface area contributed by atoms with Crippen LogP contribution in [0.4, 0.5) is 4.39 Å². The first kappa shape index (κ1) is 12.6. The van der Waals surface area contributed by atoms with Crippen LogP contribution < -0.4 is 5.56 Å². The molecular weight excluding hydrogens is 283 g/mol. The van der Waals surface area contributed by atoms with Crippen molar-refractivity contribution >= 4 is 24.0 Å². The summed E-state index contributed by atoms with van der Waals surface area (Å²) in [4.78, 5) is 16.3. The molecule has 1 atom stereocenters. The predicted octanol–water partition coefficient (Wildman–Crippen LogP) is 3.07. The normalized spacial score (nSPS) is 17.5. The number of aromatic nitrogens is 2. The summed E-state index contributed by atoms with van der Waals surface area (Å²) in [7, 11) is 0. The maximum absolute atomic E-state index is 12.9. The van der Waals surface area contributed by atoms with E-state index in [1.54, 1.807) is 23.9 Å². The van der Waals surface area contributed by atoms with Crippen LogP contribution in [0.1, 0.15) is 12.6 Å². The Kier molecular flexibility index (Phi) is 3.06. The Morgan fingerprint density at radius 1 is 1.42 bits per heavy atom. The van der Waals surface area contributed by atoms with Gasteiger partial charge in [-0.2, -0.15) is 0 Å². The van der Waals surface area contributed by atoms with E-state index >= 15 is 0 Å². The molecule has 0 saturated carbocycles. The predicted molar refractivity (Wildman–Crippen MR) is 76.2 cm³/mol. The van der Waals surface area contributed by atoms with Crippen molar-refractivity contribution in [3.05, 3.63) is 50.9 Å². The monoisotopic (exact) mass is 294 g/mol. The first-order chi connectivity index (χ1) is 9.06. The Morgan fingerprint density at radius 3 is 2.79 bits per heavy atom. The molecule has 1 aliphatic rings. The zero-order chi connectivity index (χ0) is 13.6. The van der Waals surface area contributed by atoms with E-state index in [2.05, 4.69) is 11.9 Å². The van der Waals surface area contributed by atoms with Gasteiger partial charge in [0.15, 0.2) is 4.77 Å². The zero-order valence-corrected chi connectivity index (χ0v) is 11.8. The maximum atomic E-state index is 12.9. The number of hydrogen-bond acceptors (Lipinski definition) is 3. The SMILES string of the molecule is CC1Cc2[nH]c(=S)n(-c3ccc(F)cc3)c(=O)c2S1. The number of aromatic amines is 1. The summed E-state index contributed by atoms with van der Waals surface area (Å²) in [6.45, 7) is 2.07. The fourth-order valence-corrected chi connectivity index (χ4v) is 3.62. The number of halogens is 1. The van der Waals surface area contributed by atoms with Gasteiger partial charge in [-0.25, -0.2) is 4.39 Å². The molecule has 0 radical (unpaired) electrons. The van der Waals surface area contributed by atoms with Crippen molar-refractivity contribution in [1.82, 2.24) is 9.55 Å². The average molecular weight is 294 g/mol. The second-order valence-electron chi connectivity index (χ2n) is 4.49. The summed E-state index contributed by atoms with van der Waals surface area (Å²) >= 11 is 6.79. The topological polar surface area (TPSA) is 37.8 Å². The molecule has 3 nitrogen and oxygen atoms in total. The molecule has 0 spiro atoms. The van der Waals surface area contributed by atoms with E-state index in [1.165, 1.54) is 16.7 Å². The van der Waals surface area contributed by atoms with E-state index in [-0.39, 0.29) is 11.4 Å². The zero-order valence-electron chi connectivity index (χ0n) is 10.1. The third-order valence-corrected chi connectivity index (χ3v) is 4.54. The number of fused-ring (bicyclic) bond motifs is 1. The van der Waals surface area contributed by atoms with Crippen molar-refractivity contribution in [2.24, 2.45) is 0 Å². The van der Waals surface area contributed by atoms with Gasteiger partial charge in [0, 0.05) is 17.4 Å². The van der Waals surface area contributed by atoms with Crippen LogP contribution >= 0.6 is 24.0 Å². The van der Waals surface area contributed by atoms with E-state index in [0.717, 1.165) is 12.1 Å². The first-order valence-corrected chi connectivity index (χ1v) is 7.16. The number of benzene rings is 1. The summed E-state index contributed by atoms with van der Waals surface area (Å²) in [5.41, 5.74) is 1.36. The molecule has 3 rings (SSSR count). The Labute approximate surface area is 118 Å². The molecule has 0 bridgehead atoms. The van der Waals surface area contributed by atoms with Crippen LogP contribution in [0.15, 0.2) is 34.0 Å². The summed E-state index contributed by atoms with van der Waals surface area (Å²) < 4.78 is 14.7. The van der Waals surface area contributed by atoms with Crippen LogP contribution in [0.5, 0.6) is 0 Å². The summed E-state index contributed by atoms with van der Waals surface area (Å²) in [6.07, 6.45) is 0.823. The van der Waals surface area contributed by atoms with Crippen molar-refractivity contribution in [3.8, 4) is 5.69 Å². The van der Waals surface area contributed by atoms with Gasteiger partial charge in [0.1, 0.15) is 5.82 Å².